The molecule has 0 saturated heterocycles. The average Bonchev–Trinajstić information content (AvgIpc) is 2.55. The molecular formula is C17H16FNO3. The highest BCUT2D eigenvalue weighted by molar-refractivity contribution is 5.36. The fourth-order valence-electron chi connectivity index (χ4n) is 1.81. The third-order valence-electron chi connectivity index (χ3n) is 2.99. The van der Waals surface area contributed by atoms with Crippen molar-refractivity contribution in [3.05, 3.63) is 59.4 Å². The molecule has 0 heterocycles. The summed E-state index contributed by atoms with van der Waals surface area (Å²) in [6.45, 7) is 1.16. The van der Waals surface area contributed by atoms with Crippen LogP contribution in [0.2, 0.25) is 0 Å². The van der Waals surface area contributed by atoms with Gasteiger partial charge in [-0.3, -0.25) is 0 Å². The van der Waals surface area contributed by atoms with E-state index in [1.165, 1.54) is 12.1 Å². The van der Waals surface area contributed by atoms with Gasteiger partial charge >= 0.3 is 0 Å². The van der Waals surface area contributed by atoms with Gasteiger partial charge in [-0.2, -0.15) is 5.26 Å². The van der Waals surface area contributed by atoms with Crippen LogP contribution in [0.25, 0.3) is 0 Å². The summed E-state index contributed by atoms with van der Waals surface area (Å²) in [5.41, 5.74) is 1.04. The Bertz CT molecular complexity index is 650. The van der Waals surface area contributed by atoms with Gasteiger partial charge < -0.3 is 14.2 Å². The van der Waals surface area contributed by atoms with Crippen LogP contribution in [0, 0.1) is 17.1 Å². The van der Waals surface area contributed by atoms with E-state index in [1.807, 2.05) is 24.3 Å². The van der Waals surface area contributed by atoms with E-state index >= 15 is 0 Å². The molecule has 0 N–H and O–H groups in total. The molecule has 0 bridgehead atoms. The van der Waals surface area contributed by atoms with E-state index in [1.54, 1.807) is 19.2 Å². The Kier molecular flexibility index (Phi) is 5.75. The van der Waals surface area contributed by atoms with Crippen molar-refractivity contribution in [2.45, 2.75) is 6.61 Å². The van der Waals surface area contributed by atoms with Crippen LogP contribution in [0.4, 0.5) is 4.39 Å². The maximum Gasteiger partial charge on any atom is 0.144 e. The molecule has 0 unspecified atom stereocenters. The minimum Gasteiger partial charge on any atom is -0.497 e. The van der Waals surface area contributed by atoms with Crippen molar-refractivity contribution < 1.29 is 18.6 Å². The van der Waals surface area contributed by atoms with Crippen LogP contribution in [0.1, 0.15) is 11.1 Å². The number of benzene rings is 2. The lowest BCUT2D eigenvalue weighted by Gasteiger charge is -2.08. The number of nitrogens with zero attached hydrogens (tertiary/aromatic N) is 1. The molecule has 0 aromatic heterocycles. The van der Waals surface area contributed by atoms with Crippen LogP contribution in [0.5, 0.6) is 11.5 Å². The maximum atomic E-state index is 13.4. The van der Waals surface area contributed by atoms with Gasteiger partial charge in [-0.25, -0.2) is 4.39 Å². The first-order chi connectivity index (χ1) is 10.7. The van der Waals surface area contributed by atoms with Crippen LogP contribution in [0.3, 0.4) is 0 Å². The van der Waals surface area contributed by atoms with E-state index < -0.39 is 5.82 Å². The second-order valence-electron chi connectivity index (χ2n) is 4.50. The fraction of sp³-hybridized carbons (Fsp3) is 0.235. The molecule has 114 valence electrons. The van der Waals surface area contributed by atoms with Crippen LogP contribution >= 0.6 is 0 Å². The van der Waals surface area contributed by atoms with Crippen molar-refractivity contribution >= 4 is 0 Å². The molecule has 0 aliphatic carbocycles. The lowest BCUT2D eigenvalue weighted by molar-refractivity contribution is 0.0888. The molecule has 0 saturated carbocycles. The molecule has 4 nitrogen and oxygen atoms in total. The summed E-state index contributed by atoms with van der Waals surface area (Å²) in [6.07, 6.45) is 0. The summed E-state index contributed by atoms with van der Waals surface area (Å²) < 4.78 is 29.3. The van der Waals surface area contributed by atoms with Gasteiger partial charge in [0.15, 0.2) is 0 Å². The van der Waals surface area contributed by atoms with E-state index in [9.17, 15) is 4.39 Å². The molecule has 0 amide bonds. The van der Waals surface area contributed by atoms with Crippen molar-refractivity contribution in [3.8, 4) is 17.6 Å². The molecule has 2 aromatic carbocycles. The maximum absolute atomic E-state index is 13.4. The Morgan fingerprint density at radius 2 is 1.77 bits per heavy atom. The predicted octanol–water partition coefficient (Wildman–Crippen LogP) is 3.30. The van der Waals surface area contributed by atoms with Gasteiger partial charge in [0, 0.05) is 6.07 Å². The van der Waals surface area contributed by atoms with Gasteiger partial charge in [-0.15, -0.1) is 0 Å². The standard InChI is InChI=1S/C17H16FNO3/c1-20-15-5-2-13(3-6-15)12-21-8-9-22-16-7-4-14(11-19)17(18)10-16/h2-7,10H,8-9,12H2,1H3. The highest BCUT2D eigenvalue weighted by Crippen LogP contribution is 2.16. The van der Waals surface area contributed by atoms with Crippen molar-refractivity contribution in [3.63, 3.8) is 0 Å². The average molecular weight is 301 g/mol. The Labute approximate surface area is 128 Å². The molecule has 2 rings (SSSR count). The number of ether oxygens (including phenoxy) is 3. The van der Waals surface area contributed by atoms with E-state index in [4.69, 9.17) is 19.5 Å². The first kappa shape index (κ1) is 15.8. The molecule has 2 aromatic rings. The van der Waals surface area contributed by atoms with Gasteiger partial charge in [0.2, 0.25) is 0 Å². The van der Waals surface area contributed by atoms with Crippen molar-refractivity contribution in [2.75, 3.05) is 20.3 Å². The van der Waals surface area contributed by atoms with Gasteiger partial charge in [-0.1, -0.05) is 12.1 Å². The minimum absolute atomic E-state index is 0.00288. The summed E-state index contributed by atoms with van der Waals surface area (Å²) >= 11 is 0. The highest BCUT2D eigenvalue weighted by Gasteiger charge is 2.03. The molecule has 0 aliphatic rings. The summed E-state index contributed by atoms with van der Waals surface area (Å²) in [5.74, 6) is 0.596. The zero-order valence-electron chi connectivity index (χ0n) is 12.2. The second-order valence-corrected chi connectivity index (χ2v) is 4.50. The van der Waals surface area contributed by atoms with Crippen molar-refractivity contribution in [1.29, 1.82) is 5.26 Å². The first-order valence-electron chi connectivity index (χ1n) is 6.76. The largest absolute Gasteiger partial charge is 0.497 e. The third kappa shape index (κ3) is 4.47. The molecule has 22 heavy (non-hydrogen) atoms. The number of rotatable bonds is 7. The monoisotopic (exact) mass is 301 g/mol. The third-order valence-corrected chi connectivity index (χ3v) is 2.99. The molecule has 0 spiro atoms. The van der Waals surface area contributed by atoms with Crippen molar-refractivity contribution in [2.24, 2.45) is 0 Å². The Hall–Kier alpha value is -2.58. The van der Waals surface area contributed by atoms with E-state index in [0.717, 1.165) is 11.3 Å². The van der Waals surface area contributed by atoms with Gasteiger partial charge in [-0.05, 0) is 29.8 Å². The Morgan fingerprint density at radius 1 is 1.05 bits per heavy atom. The molecule has 0 atom stereocenters. The van der Waals surface area contributed by atoms with E-state index in [-0.39, 0.29) is 5.56 Å². The molecule has 0 radical (unpaired) electrons. The second kappa shape index (κ2) is 8.01. The predicted molar refractivity (Wildman–Crippen MR) is 79.3 cm³/mol. The van der Waals surface area contributed by atoms with E-state index in [2.05, 4.69) is 0 Å². The topological polar surface area (TPSA) is 51.5 Å². The summed E-state index contributed by atoms with van der Waals surface area (Å²) in [5, 5.41) is 8.64. The number of hydrogen-bond donors (Lipinski definition) is 0. The number of halogens is 1. The number of methoxy groups -OCH3 is 1. The van der Waals surface area contributed by atoms with Gasteiger partial charge in [0.1, 0.15) is 30.0 Å². The SMILES string of the molecule is COc1ccc(COCCOc2ccc(C#N)c(F)c2)cc1. The van der Waals surface area contributed by atoms with E-state index in [0.29, 0.717) is 25.6 Å². The molecule has 0 fully saturated rings. The smallest absolute Gasteiger partial charge is 0.144 e. The quantitative estimate of drug-likeness (QED) is 0.736. The van der Waals surface area contributed by atoms with Crippen LogP contribution in [0.15, 0.2) is 42.5 Å². The van der Waals surface area contributed by atoms with Crippen LogP contribution < -0.4 is 9.47 Å². The molecule has 5 heteroatoms. The van der Waals surface area contributed by atoms with Gasteiger partial charge in [0.05, 0.1) is 25.9 Å². The Morgan fingerprint density at radius 3 is 2.41 bits per heavy atom. The summed E-state index contributed by atoms with van der Waals surface area (Å²) in [6, 6.07) is 13.5. The normalized spacial score (nSPS) is 10.0. The lowest BCUT2D eigenvalue weighted by atomic mass is 10.2. The molecular weight excluding hydrogens is 285 g/mol. The zero-order valence-corrected chi connectivity index (χ0v) is 12.2. The number of hydrogen-bond acceptors (Lipinski definition) is 4. The lowest BCUT2D eigenvalue weighted by Crippen LogP contribution is -2.07. The van der Waals surface area contributed by atoms with Crippen LogP contribution in [-0.4, -0.2) is 20.3 Å². The minimum atomic E-state index is -0.584. The first-order valence-corrected chi connectivity index (χ1v) is 6.76. The fourth-order valence-corrected chi connectivity index (χ4v) is 1.81. The number of nitriles is 1. The summed E-state index contributed by atoms with van der Waals surface area (Å²) in [4.78, 5) is 0. The van der Waals surface area contributed by atoms with Crippen LogP contribution in [-0.2, 0) is 11.3 Å². The highest BCUT2D eigenvalue weighted by atomic mass is 19.1. The van der Waals surface area contributed by atoms with Gasteiger partial charge in [0.25, 0.3) is 0 Å². The molecule has 0 aliphatic heterocycles. The summed E-state index contributed by atoms with van der Waals surface area (Å²) in [7, 11) is 1.62. The van der Waals surface area contributed by atoms with Crippen molar-refractivity contribution in [1.82, 2.24) is 0 Å². The Balaban J connectivity index is 1.70. The zero-order chi connectivity index (χ0) is 15.8.